The van der Waals surface area contributed by atoms with Crippen LogP contribution in [0.3, 0.4) is 0 Å². The van der Waals surface area contributed by atoms with E-state index in [2.05, 4.69) is 9.84 Å². The van der Waals surface area contributed by atoms with Crippen LogP contribution in [0.5, 0.6) is 11.5 Å². The number of aromatic nitrogens is 4. The fraction of sp³-hybridized carbons (Fsp3) is 0.393. The number of aryl methyl sites for hydroxylation is 1. The molecule has 2 aromatic heterocycles. The van der Waals surface area contributed by atoms with Crippen molar-refractivity contribution in [2.24, 2.45) is 13.0 Å². The van der Waals surface area contributed by atoms with Gasteiger partial charge in [-0.25, -0.2) is 9.37 Å². The van der Waals surface area contributed by atoms with Gasteiger partial charge in [-0.3, -0.25) is 9.48 Å². The van der Waals surface area contributed by atoms with Gasteiger partial charge in [0.1, 0.15) is 29.7 Å². The Bertz CT molecular complexity index is 1500. The summed E-state index contributed by atoms with van der Waals surface area (Å²) >= 11 is 0. The predicted octanol–water partition coefficient (Wildman–Crippen LogP) is 6.43. The number of ether oxygens (including phenoxy) is 2. The maximum absolute atomic E-state index is 15.0. The van der Waals surface area contributed by atoms with Gasteiger partial charge in [0.25, 0.3) is 0 Å². The smallest absolute Gasteiger partial charge is 0.487 e. The summed E-state index contributed by atoms with van der Waals surface area (Å²) in [5, 5.41) is 14.2. The standard InChI is InChI=1S/C27H26F4N4O4.CH4/c1-34-11-10-17(33-34)15-38-18-8-9-23-24(13-18)35(25(32-23)20-4-2-3-5-21(20)26(36)37)14-16-6-7-19(12-22(16)28)39-27(29,30)31;/h6-13,20-21H,2-5,14-15H2,1H3,(H,36,37);1H4/t20-,21+;/m1./s1. The number of benzene rings is 2. The van der Waals surface area contributed by atoms with Gasteiger partial charge in [-0.2, -0.15) is 5.10 Å². The molecule has 214 valence electrons. The number of imidazole rings is 1. The van der Waals surface area contributed by atoms with E-state index in [4.69, 9.17) is 9.72 Å². The highest BCUT2D eigenvalue weighted by molar-refractivity contribution is 5.79. The lowest BCUT2D eigenvalue weighted by atomic mass is 9.78. The first-order valence-corrected chi connectivity index (χ1v) is 12.5. The quantitative estimate of drug-likeness (QED) is 0.249. The predicted molar refractivity (Wildman–Crippen MR) is 139 cm³/mol. The Morgan fingerprint density at radius 3 is 2.52 bits per heavy atom. The van der Waals surface area contributed by atoms with E-state index in [0.717, 1.165) is 24.6 Å². The van der Waals surface area contributed by atoms with Gasteiger partial charge in [-0.1, -0.05) is 26.3 Å². The van der Waals surface area contributed by atoms with Crippen molar-refractivity contribution in [2.45, 2.75) is 58.5 Å². The summed E-state index contributed by atoms with van der Waals surface area (Å²) < 4.78 is 65.9. The number of carboxylic acids is 1. The molecule has 2 atom stereocenters. The van der Waals surface area contributed by atoms with Gasteiger partial charge in [0.05, 0.1) is 29.2 Å². The van der Waals surface area contributed by atoms with Gasteiger partial charge >= 0.3 is 12.3 Å². The Morgan fingerprint density at radius 2 is 1.85 bits per heavy atom. The molecule has 8 nitrogen and oxygen atoms in total. The third kappa shape index (κ3) is 6.37. The summed E-state index contributed by atoms with van der Waals surface area (Å²) in [6.45, 7) is 0.142. The summed E-state index contributed by atoms with van der Waals surface area (Å²) in [7, 11) is 1.80. The van der Waals surface area contributed by atoms with Gasteiger partial charge in [-0.15, -0.1) is 13.2 Å². The lowest BCUT2D eigenvalue weighted by molar-refractivity contribution is -0.274. The van der Waals surface area contributed by atoms with E-state index in [-0.39, 0.29) is 26.1 Å². The van der Waals surface area contributed by atoms with E-state index in [0.29, 0.717) is 41.5 Å². The summed E-state index contributed by atoms with van der Waals surface area (Å²) in [6, 6.07) is 10.0. The fourth-order valence-electron chi connectivity index (χ4n) is 5.12. The molecule has 1 N–H and O–H groups in total. The molecule has 0 spiro atoms. The minimum absolute atomic E-state index is 0. The lowest BCUT2D eigenvalue weighted by Crippen LogP contribution is -2.28. The van der Waals surface area contributed by atoms with E-state index >= 15 is 0 Å². The molecular formula is C28H30F4N4O4. The Kier molecular flexibility index (Phi) is 8.36. The molecule has 1 fully saturated rings. The molecule has 0 aliphatic heterocycles. The molecule has 12 heteroatoms. The first kappa shape index (κ1) is 28.9. The van der Waals surface area contributed by atoms with Crippen molar-refractivity contribution in [2.75, 3.05) is 0 Å². The molecule has 1 aliphatic carbocycles. The van der Waals surface area contributed by atoms with Crippen molar-refractivity contribution in [3.8, 4) is 11.5 Å². The molecular weight excluding hydrogens is 532 g/mol. The molecule has 1 aliphatic rings. The number of carboxylic acid groups (broad SMARTS) is 1. The van der Waals surface area contributed by atoms with Crippen LogP contribution in [-0.2, 0) is 25.0 Å². The zero-order valence-corrected chi connectivity index (χ0v) is 21.0. The van der Waals surface area contributed by atoms with Crippen molar-refractivity contribution in [3.05, 3.63) is 71.6 Å². The van der Waals surface area contributed by atoms with Crippen molar-refractivity contribution in [1.82, 2.24) is 19.3 Å². The maximum atomic E-state index is 15.0. The molecule has 0 amide bonds. The van der Waals surface area contributed by atoms with Crippen molar-refractivity contribution >= 4 is 17.0 Å². The fourth-order valence-corrected chi connectivity index (χ4v) is 5.12. The molecule has 1 saturated carbocycles. The van der Waals surface area contributed by atoms with E-state index in [9.17, 15) is 27.5 Å². The summed E-state index contributed by atoms with van der Waals surface area (Å²) in [5.74, 6) is -2.52. The number of fused-ring (bicyclic) bond motifs is 1. The van der Waals surface area contributed by atoms with Gasteiger partial charge in [0.15, 0.2) is 0 Å². The van der Waals surface area contributed by atoms with Crippen LogP contribution >= 0.6 is 0 Å². The van der Waals surface area contributed by atoms with Crippen LogP contribution in [-0.4, -0.2) is 36.8 Å². The SMILES string of the molecule is C.Cn1ccc(COc2ccc3nc([C@@H]4CCCC[C@@H]4C(=O)O)n(Cc4ccc(OC(F)(F)F)cc4F)c3c2)n1. The van der Waals surface area contributed by atoms with E-state index in [1.54, 1.807) is 40.7 Å². The highest BCUT2D eigenvalue weighted by Crippen LogP contribution is 2.39. The molecule has 4 aromatic rings. The monoisotopic (exact) mass is 562 g/mol. The molecule has 40 heavy (non-hydrogen) atoms. The average Bonchev–Trinajstić information content (AvgIpc) is 3.46. The minimum atomic E-state index is -4.94. The number of nitrogens with zero attached hydrogens (tertiary/aromatic N) is 4. The average molecular weight is 563 g/mol. The highest BCUT2D eigenvalue weighted by atomic mass is 19.4. The molecule has 0 bridgehead atoms. The molecule has 2 heterocycles. The van der Waals surface area contributed by atoms with E-state index in [1.807, 2.05) is 6.07 Å². The molecule has 0 unspecified atom stereocenters. The maximum Gasteiger partial charge on any atom is 0.573 e. The topological polar surface area (TPSA) is 91.4 Å². The van der Waals surface area contributed by atoms with Gasteiger partial charge in [0.2, 0.25) is 0 Å². The largest absolute Gasteiger partial charge is 0.573 e. The molecule has 0 saturated heterocycles. The Morgan fingerprint density at radius 1 is 1.10 bits per heavy atom. The van der Waals surface area contributed by atoms with E-state index in [1.165, 1.54) is 6.07 Å². The second kappa shape index (κ2) is 11.6. The van der Waals surface area contributed by atoms with Crippen LogP contribution in [0.15, 0.2) is 48.7 Å². The second-order valence-electron chi connectivity index (χ2n) is 9.61. The van der Waals surface area contributed by atoms with Crippen LogP contribution in [0.2, 0.25) is 0 Å². The Hall–Kier alpha value is -4.09. The Balaban J connectivity index is 0.00000370. The van der Waals surface area contributed by atoms with Gasteiger partial charge in [-0.05, 0) is 37.1 Å². The number of hydrogen-bond acceptors (Lipinski definition) is 5. The Labute approximate surface area is 228 Å². The number of carbonyl (C=O) groups is 1. The van der Waals surface area contributed by atoms with Crippen LogP contribution in [0.25, 0.3) is 11.0 Å². The van der Waals surface area contributed by atoms with Crippen LogP contribution in [0, 0.1) is 11.7 Å². The van der Waals surface area contributed by atoms with Crippen molar-refractivity contribution < 1.29 is 36.9 Å². The van der Waals surface area contributed by atoms with Crippen molar-refractivity contribution in [3.63, 3.8) is 0 Å². The summed E-state index contributed by atoms with van der Waals surface area (Å²) in [6.07, 6.45) is -0.432. The van der Waals surface area contributed by atoms with Crippen LogP contribution < -0.4 is 9.47 Å². The zero-order chi connectivity index (χ0) is 27.7. The second-order valence-corrected chi connectivity index (χ2v) is 9.61. The van der Waals surface area contributed by atoms with Crippen LogP contribution in [0.1, 0.15) is 56.1 Å². The molecule has 2 aromatic carbocycles. The third-order valence-electron chi connectivity index (χ3n) is 6.91. The van der Waals surface area contributed by atoms with E-state index < -0.39 is 35.7 Å². The normalized spacial score (nSPS) is 17.4. The first-order valence-electron chi connectivity index (χ1n) is 12.5. The number of aliphatic carboxylic acids is 1. The molecule has 0 radical (unpaired) electrons. The summed E-state index contributed by atoms with van der Waals surface area (Å²) in [4.78, 5) is 16.8. The lowest BCUT2D eigenvalue weighted by Gasteiger charge is -2.28. The van der Waals surface area contributed by atoms with Gasteiger partial charge in [0, 0.05) is 36.9 Å². The number of rotatable bonds is 8. The van der Waals surface area contributed by atoms with Gasteiger partial charge < -0.3 is 19.1 Å². The zero-order valence-electron chi connectivity index (χ0n) is 21.0. The third-order valence-corrected chi connectivity index (χ3v) is 6.91. The highest BCUT2D eigenvalue weighted by Gasteiger charge is 2.36. The number of alkyl halides is 3. The van der Waals surface area contributed by atoms with Crippen LogP contribution in [0.4, 0.5) is 17.6 Å². The molecule has 5 rings (SSSR count). The first-order chi connectivity index (χ1) is 18.6. The minimum Gasteiger partial charge on any atom is -0.487 e. The summed E-state index contributed by atoms with van der Waals surface area (Å²) in [5.41, 5.74) is 1.99. The van der Waals surface area contributed by atoms with Crippen molar-refractivity contribution in [1.29, 1.82) is 0 Å². The number of halogens is 4. The number of hydrogen-bond donors (Lipinski definition) is 1.